The van der Waals surface area contributed by atoms with Crippen molar-refractivity contribution in [3.8, 4) is 0 Å². The van der Waals surface area contributed by atoms with E-state index in [-0.39, 0.29) is 0 Å². The average molecular weight is 984 g/mol. The molecular formula is C64H57N9S. The van der Waals surface area contributed by atoms with Gasteiger partial charge in [0.25, 0.3) is 0 Å². The molecule has 1 aliphatic rings. The highest BCUT2D eigenvalue weighted by Crippen LogP contribution is 2.17. The quantitative estimate of drug-likeness (QED) is 0.146. The fourth-order valence-electron chi connectivity index (χ4n) is 6.06. The number of fused-ring (bicyclic) bond motifs is 4. The Bertz CT molecular complexity index is 2620. The highest BCUT2D eigenvalue weighted by Gasteiger charge is 2.00. The van der Waals surface area contributed by atoms with E-state index in [9.17, 15) is 0 Å². The Labute approximate surface area is 438 Å². The first-order chi connectivity index (χ1) is 36.9. The van der Waals surface area contributed by atoms with Crippen molar-refractivity contribution in [2.75, 3.05) is 0 Å². The first kappa shape index (κ1) is 55.2. The maximum absolute atomic E-state index is 4.18. The van der Waals surface area contributed by atoms with Gasteiger partial charge in [-0.2, -0.15) is 21.5 Å². The van der Waals surface area contributed by atoms with Crippen molar-refractivity contribution in [1.29, 1.82) is 0 Å². The van der Waals surface area contributed by atoms with Gasteiger partial charge in [-0.25, -0.2) is 9.97 Å². The standard InChI is InChI=1S/C10H8.2C9H7N.C9H8.C6H6.C5H5N.3C4H4N2.C4H4S/c1-2-6-10-8-4-3-7-9(10)5-1;1-2-6-9-8(4-1)5-3-7-10-9;1-2-4-9-7-10-6-5-8(9)3-1;1-2-5-9-7-3-6-8(9)4-1;2*1-2-4-6-5-3-1;1-2-6-4-3-5-1;1-2-5-4-6-3-1;1-2-4-6-5-3-1;1-2-4-5-3-1/h1-8H;2*1-7H;1-6H,7H2;1-6H;1-5H;3*1-4H;1-4H. The van der Waals surface area contributed by atoms with Crippen LogP contribution in [0.1, 0.15) is 11.1 Å². The van der Waals surface area contributed by atoms with Crippen molar-refractivity contribution in [2.24, 2.45) is 0 Å². The lowest BCUT2D eigenvalue weighted by atomic mass is 10.1. The number of hydrogen-bond acceptors (Lipinski definition) is 10. The SMILES string of the molecule is C1=Cc2ccccc2C1.c1ccc2ccccc2c1.c1ccc2cnccc2c1.c1ccc2ncccc2c1.c1ccccc1.c1ccncc1.c1ccnnc1.c1ccsc1.c1cnccn1.c1cncnc1. The minimum Gasteiger partial charge on any atom is -0.265 e. The zero-order chi connectivity index (χ0) is 51.3. The molecule has 10 heteroatoms. The van der Waals surface area contributed by atoms with Crippen molar-refractivity contribution >= 4 is 49.9 Å². The zero-order valence-electron chi connectivity index (χ0n) is 40.9. The summed E-state index contributed by atoms with van der Waals surface area (Å²) in [7, 11) is 0. The van der Waals surface area contributed by atoms with E-state index >= 15 is 0 Å². The second-order valence-electron chi connectivity index (χ2n) is 14.8. The van der Waals surface area contributed by atoms with Crippen LogP contribution in [0.25, 0.3) is 38.5 Å². The summed E-state index contributed by atoms with van der Waals surface area (Å²) in [4.78, 5) is 26.8. The Hall–Kier alpha value is -9.77. The molecule has 0 spiro atoms. The number of nitrogens with zero attached hydrogens (tertiary/aromatic N) is 9. The van der Waals surface area contributed by atoms with Gasteiger partial charge in [0.1, 0.15) is 6.33 Å². The van der Waals surface area contributed by atoms with Crippen LogP contribution < -0.4 is 0 Å². The van der Waals surface area contributed by atoms with E-state index in [1.807, 2.05) is 151 Å². The molecule has 0 amide bonds. The van der Waals surface area contributed by atoms with Gasteiger partial charge < -0.3 is 0 Å². The Morgan fingerprint density at radius 2 is 0.757 bits per heavy atom. The summed E-state index contributed by atoms with van der Waals surface area (Å²) in [5, 5.41) is 17.4. The van der Waals surface area contributed by atoms with Crippen LogP contribution in [-0.4, -0.2) is 45.1 Å². The van der Waals surface area contributed by atoms with Crippen LogP contribution in [0.2, 0.25) is 0 Å². The van der Waals surface area contributed by atoms with Crippen LogP contribution in [0.5, 0.6) is 0 Å². The predicted molar refractivity (Wildman–Crippen MR) is 308 cm³/mol. The smallest absolute Gasteiger partial charge is 0.115 e. The molecule has 9 nitrogen and oxygen atoms in total. The van der Waals surface area contributed by atoms with E-state index in [1.54, 1.807) is 79.4 Å². The molecule has 7 heterocycles. The van der Waals surface area contributed by atoms with Gasteiger partial charge in [-0.15, -0.1) is 0 Å². The summed E-state index contributed by atoms with van der Waals surface area (Å²) in [6, 6.07) is 74.7. The minimum absolute atomic E-state index is 1.06. The zero-order valence-corrected chi connectivity index (χ0v) is 41.7. The Morgan fingerprint density at radius 1 is 0.297 bits per heavy atom. The van der Waals surface area contributed by atoms with Crippen molar-refractivity contribution in [3.05, 3.63) is 339 Å². The van der Waals surface area contributed by atoms with Crippen molar-refractivity contribution < 1.29 is 0 Å². The van der Waals surface area contributed by atoms with E-state index < -0.39 is 0 Å². The van der Waals surface area contributed by atoms with E-state index in [2.05, 4.69) is 154 Å². The molecule has 0 atom stereocenters. The Morgan fingerprint density at radius 3 is 1.18 bits per heavy atom. The fourth-order valence-corrected chi connectivity index (χ4v) is 6.51. The monoisotopic (exact) mass is 983 g/mol. The molecule has 0 unspecified atom stereocenters. The lowest BCUT2D eigenvalue weighted by Gasteiger charge is -1.93. The molecule has 1 aliphatic carbocycles. The molecule has 0 bridgehead atoms. The highest BCUT2D eigenvalue weighted by molar-refractivity contribution is 7.07. The number of rotatable bonds is 0. The first-order valence-corrected chi connectivity index (χ1v) is 24.5. The number of hydrogen-bond donors (Lipinski definition) is 0. The predicted octanol–water partition coefficient (Wildman–Crippen LogP) is 15.5. The molecule has 0 fully saturated rings. The molecule has 0 saturated heterocycles. The van der Waals surface area contributed by atoms with Gasteiger partial charge in [-0.1, -0.05) is 188 Å². The summed E-state index contributed by atoms with van der Waals surface area (Å²) in [5.74, 6) is 0. The first-order valence-electron chi connectivity index (χ1n) is 23.6. The average Bonchev–Trinajstić information content (AvgIpc) is 4.28. The third kappa shape index (κ3) is 25.2. The third-order valence-electron chi connectivity index (χ3n) is 9.51. The van der Waals surface area contributed by atoms with Crippen LogP contribution in [-0.2, 0) is 6.42 Å². The number of para-hydroxylation sites is 1. The number of benzene rings is 6. The maximum Gasteiger partial charge on any atom is 0.115 e. The second-order valence-corrected chi connectivity index (χ2v) is 15.6. The molecule has 13 aromatic rings. The molecular weight excluding hydrogens is 927 g/mol. The van der Waals surface area contributed by atoms with Gasteiger partial charge in [-0.05, 0) is 98.4 Å². The number of aromatic nitrogens is 9. The Balaban J connectivity index is 0.000000154. The second kappa shape index (κ2) is 38.0. The van der Waals surface area contributed by atoms with E-state index in [4.69, 9.17) is 0 Å². The maximum atomic E-state index is 4.18. The lowest BCUT2D eigenvalue weighted by Crippen LogP contribution is -1.76. The molecule has 0 saturated carbocycles. The van der Waals surface area contributed by atoms with Crippen molar-refractivity contribution in [1.82, 2.24) is 45.1 Å². The number of thiophene rings is 1. The molecule has 74 heavy (non-hydrogen) atoms. The topological polar surface area (TPSA) is 116 Å². The summed E-state index contributed by atoms with van der Waals surface area (Å²) in [5.41, 5.74) is 3.90. The van der Waals surface area contributed by atoms with Gasteiger partial charge >= 0.3 is 0 Å². The van der Waals surface area contributed by atoms with Crippen molar-refractivity contribution in [3.63, 3.8) is 0 Å². The number of pyridine rings is 3. The molecule has 0 N–H and O–H groups in total. The lowest BCUT2D eigenvalue weighted by molar-refractivity contribution is 1.03. The van der Waals surface area contributed by atoms with Crippen LogP contribution in [0.15, 0.2) is 328 Å². The molecule has 7 aromatic heterocycles. The molecule has 6 aromatic carbocycles. The molecule has 0 radical (unpaired) electrons. The van der Waals surface area contributed by atoms with Gasteiger partial charge in [0.15, 0.2) is 0 Å². The Kier molecular flexibility index (Phi) is 28.4. The fraction of sp³-hybridized carbons (Fsp3) is 0.0156. The van der Waals surface area contributed by atoms with E-state index in [1.165, 1.54) is 44.4 Å². The van der Waals surface area contributed by atoms with E-state index in [0.29, 0.717) is 0 Å². The minimum atomic E-state index is 1.06. The molecule has 364 valence electrons. The summed E-state index contributed by atoms with van der Waals surface area (Å²) < 4.78 is 0. The van der Waals surface area contributed by atoms with Crippen LogP contribution >= 0.6 is 11.3 Å². The van der Waals surface area contributed by atoms with Crippen LogP contribution in [0, 0.1) is 0 Å². The van der Waals surface area contributed by atoms with Gasteiger partial charge in [-0.3, -0.25) is 24.9 Å². The van der Waals surface area contributed by atoms with Gasteiger partial charge in [0, 0.05) is 85.9 Å². The van der Waals surface area contributed by atoms with Gasteiger partial charge in [0.2, 0.25) is 0 Å². The van der Waals surface area contributed by atoms with E-state index in [0.717, 1.165) is 11.9 Å². The third-order valence-corrected chi connectivity index (χ3v) is 10.1. The van der Waals surface area contributed by atoms with Gasteiger partial charge in [0.05, 0.1) is 5.52 Å². The summed E-state index contributed by atoms with van der Waals surface area (Å²) in [6.07, 6.45) is 29.2. The van der Waals surface area contributed by atoms with Crippen LogP contribution in [0.4, 0.5) is 0 Å². The largest absolute Gasteiger partial charge is 0.265 e. The van der Waals surface area contributed by atoms with Crippen LogP contribution in [0.3, 0.4) is 0 Å². The summed E-state index contributed by atoms with van der Waals surface area (Å²) in [6.45, 7) is 0. The highest BCUT2D eigenvalue weighted by atomic mass is 32.1. The molecule has 14 rings (SSSR count). The normalized spacial score (nSPS) is 9.51. The molecule has 0 aliphatic heterocycles. The summed E-state index contributed by atoms with van der Waals surface area (Å²) >= 11 is 1.71. The van der Waals surface area contributed by atoms with Crippen molar-refractivity contribution in [2.45, 2.75) is 6.42 Å². The number of allylic oxidation sites excluding steroid dienone is 1.